The molecule has 3 aliphatic rings. The number of carbonyl (C=O) groups is 1. The summed E-state index contributed by atoms with van der Waals surface area (Å²) in [7, 11) is -1.99. The second kappa shape index (κ2) is 6.17. The van der Waals surface area contributed by atoms with Gasteiger partial charge in [-0.2, -0.15) is 4.72 Å². The lowest BCUT2D eigenvalue weighted by molar-refractivity contribution is -0.134. The summed E-state index contributed by atoms with van der Waals surface area (Å²) in [5, 5.41) is 3.30. The van der Waals surface area contributed by atoms with Gasteiger partial charge in [0.15, 0.2) is 0 Å². The smallest absolute Gasteiger partial charge is 0.244 e. The van der Waals surface area contributed by atoms with Crippen molar-refractivity contribution in [3.05, 3.63) is 18.2 Å². The number of carbonyl (C=O) groups excluding carboxylic acids is 1. The molecule has 2 heterocycles. The molecule has 1 aromatic carbocycles. The molecule has 0 bridgehead atoms. The molecular weight excluding hydrogens is 342 g/mol. The number of likely N-dealkylation sites (tertiary alicyclic amines) is 1. The van der Waals surface area contributed by atoms with Gasteiger partial charge >= 0.3 is 0 Å². The predicted octanol–water partition coefficient (Wildman–Crippen LogP) is 1.37. The number of hydrogen-bond acceptors (Lipinski definition) is 5. The van der Waals surface area contributed by atoms with Crippen LogP contribution in [0.2, 0.25) is 0 Å². The number of amides is 1. The van der Waals surface area contributed by atoms with Crippen LogP contribution in [0.1, 0.15) is 25.7 Å². The fourth-order valence-corrected chi connectivity index (χ4v) is 5.03. The highest BCUT2D eigenvalue weighted by molar-refractivity contribution is 7.89. The first kappa shape index (κ1) is 16.7. The van der Waals surface area contributed by atoms with E-state index in [4.69, 9.17) is 4.74 Å². The number of ether oxygens (including phenoxy) is 1. The van der Waals surface area contributed by atoms with Crippen molar-refractivity contribution in [1.29, 1.82) is 0 Å². The Morgan fingerprint density at radius 1 is 1.20 bits per heavy atom. The topological polar surface area (TPSA) is 87.7 Å². The number of sulfonamides is 1. The summed E-state index contributed by atoms with van der Waals surface area (Å²) < 4.78 is 33.0. The van der Waals surface area contributed by atoms with Crippen LogP contribution in [-0.2, 0) is 14.8 Å². The zero-order valence-electron chi connectivity index (χ0n) is 14.2. The van der Waals surface area contributed by atoms with E-state index < -0.39 is 10.0 Å². The van der Waals surface area contributed by atoms with E-state index in [0.717, 1.165) is 25.7 Å². The molecular formula is C17H23N3O4S. The van der Waals surface area contributed by atoms with Gasteiger partial charge in [-0.1, -0.05) is 0 Å². The number of fused-ring (bicyclic) bond motifs is 1. The molecule has 1 aromatic rings. The van der Waals surface area contributed by atoms with Crippen molar-refractivity contribution in [3.63, 3.8) is 0 Å². The Morgan fingerprint density at radius 3 is 2.56 bits per heavy atom. The normalized spacial score (nSPS) is 25.8. The molecule has 136 valence electrons. The molecule has 2 N–H and O–H groups in total. The van der Waals surface area contributed by atoms with Gasteiger partial charge in [-0.15, -0.1) is 0 Å². The molecule has 0 aromatic heterocycles. The Morgan fingerprint density at radius 2 is 1.92 bits per heavy atom. The molecule has 7 nitrogen and oxygen atoms in total. The lowest BCUT2D eigenvalue weighted by atomic mass is 9.93. The van der Waals surface area contributed by atoms with E-state index in [-0.39, 0.29) is 28.8 Å². The number of rotatable bonds is 3. The highest BCUT2D eigenvalue weighted by atomic mass is 32.2. The molecule has 1 amide bonds. The second-order valence-electron chi connectivity index (χ2n) is 7.04. The van der Waals surface area contributed by atoms with Crippen LogP contribution in [0.3, 0.4) is 0 Å². The van der Waals surface area contributed by atoms with Crippen molar-refractivity contribution in [2.45, 2.75) is 36.7 Å². The van der Waals surface area contributed by atoms with Gasteiger partial charge in [-0.25, -0.2) is 8.42 Å². The van der Waals surface area contributed by atoms with Crippen LogP contribution in [0.4, 0.5) is 5.69 Å². The molecule has 0 unspecified atom stereocenters. The fraction of sp³-hybridized carbons (Fsp3) is 0.588. The van der Waals surface area contributed by atoms with Gasteiger partial charge in [-0.05, 0) is 43.7 Å². The van der Waals surface area contributed by atoms with Crippen molar-refractivity contribution in [1.82, 2.24) is 9.62 Å². The molecule has 1 aliphatic carbocycles. The molecule has 2 fully saturated rings. The van der Waals surface area contributed by atoms with Gasteiger partial charge in [0.2, 0.25) is 15.9 Å². The van der Waals surface area contributed by atoms with E-state index in [0.29, 0.717) is 24.5 Å². The minimum atomic E-state index is -3.55. The number of anilines is 1. The number of nitrogens with one attached hydrogen (secondary N) is 2. The van der Waals surface area contributed by atoms with E-state index in [1.807, 2.05) is 4.90 Å². The van der Waals surface area contributed by atoms with Crippen LogP contribution in [0, 0.1) is 11.8 Å². The summed E-state index contributed by atoms with van der Waals surface area (Å²) in [5.41, 5.74) is 0.569. The third-order valence-corrected chi connectivity index (χ3v) is 6.82. The van der Waals surface area contributed by atoms with Gasteiger partial charge in [0, 0.05) is 25.1 Å². The molecule has 1 saturated carbocycles. The second-order valence-corrected chi connectivity index (χ2v) is 8.72. The van der Waals surface area contributed by atoms with Gasteiger partial charge in [-0.3, -0.25) is 4.79 Å². The summed E-state index contributed by atoms with van der Waals surface area (Å²) in [6.45, 7) is 1.40. The molecule has 0 radical (unpaired) electrons. The summed E-state index contributed by atoms with van der Waals surface area (Å²) in [5.74, 6) is 1.28. The van der Waals surface area contributed by atoms with Crippen molar-refractivity contribution in [2.24, 2.45) is 11.8 Å². The maximum atomic E-state index is 12.5. The maximum Gasteiger partial charge on any atom is 0.244 e. The Kier molecular flexibility index (Phi) is 4.11. The standard InChI is InChI=1S/C17H23N3O4S/c1-24-13-4-5-15-14(10-13)18-16(19-25(15,22)23)11-6-8-20(9-7-11)17(21)12-2-3-12/h4-5,10-12,16,18-19H,2-3,6-9H2,1H3/t16-/m1/s1. The number of nitrogens with zero attached hydrogens (tertiary/aromatic N) is 1. The SMILES string of the molecule is COc1ccc2c(c1)N[C@@H](C1CCN(C(=O)C3CC3)CC1)NS2(=O)=O. The monoisotopic (exact) mass is 365 g/mol. The van der Waals surface area contributed by atoms with Crippen molar-refractivity contribution >= 4 is 21.6 Å². The van der Waals surface area contributed by atoms with Crippen LogP contribution in [0.25, 0.3) is 0 Å². The lowest BCUT2D eigenvalue weighted by Gasteiger charge is -2.39. The van der Waals surface area contributed by atoms with Crippen molar-refractivity contribution < 1.29 is 17.9 Å². The van der Waals surface area contributed by atoms with Gasteiger partial charge in [0.25, 0.3) is 0 Å². The molecule has 0 spiro atoms. The number of piperidine rings is 1. The highest BCUT2D eigenvalue weighted by Crippen LogP contribution is 2.35. The third kappa shape index (κ3) is 3.20. The van der Waals surface area contributed by atoms with Gasteiger partial charge in [0.1, 0.15) is 10.6 Å². The Hall–Kier alpha value is -1.80. The zero-order chi connectivity index (χ0) is 17.6. The molecule has 1 saturated heterocycles. The lowest BCUT2D eigenvalue weighted by Crippen LogP contribution is -2.52. The van der Waals surface area contributed by atoms with Crippen LogP contribution in [0.15, 0.2) is 23.1 Å². The van der Waals surface area contributed by atoms with E-state index in [2.05, 4.69) is 10.0 Å². The van der Waals surface area contributed by atoms with E-state index in [9.17, 15) is 13.2 Å². The summed E-state index contributed by atoms with van der Waals surface area (Å²) in [4.78, 5) is 14.3. The number of benzene rings is 1. The van der Waals surface area contributed by atoms with Crippen molar-refractivity contribution in [3.8, 4) is 5.75 Å². The zero-order valence-corrected chi connectivity index (χ0v) is 15.0. The Labute approximate surface area is 147 Å². The average molecular weight is 365 g/mol. The molecule has 25 heavy (non-hydrogen) atoms. The van der Waals surface area contributed by atoms with Crippen LogP contribution in [-0.4, -0.2) is 45.6 Å². The predicted molar refractivity (Wildman–Crippen MR) is 92.8 cm³/mol. The van der Waals surface area contributed by atoms with Crippen LogP contribution < -0.4 is 14.8 Å². The van der Waals surface area contributed by atoms with E-state index >= 15 is 0 Å². The minimum absolute atomic E-state index is 0.150. The first-order valence-electron chi connectivity index (χ1n) is 8.73. The molecule has 8 heteroatoms. The quantitative estimate of drug-likeness (QED) is 0.845. The molecule has 4 rings (SSSR count). The minimum Gasteiger partial charge on any atom is -0.497 e. The highest BCUT2D eigenvalue weighted by Gasteiger charge is 2.38. The summed E-state index contributed by atoms with van der Waals surface area (Å²) >= 11 is 0. The molecule has 2 aliphatic heterocycles. The van der Waals surface area contributed by atoms with Gasteiger partial charge in [0.05, 0.1) is 19.0 Å². The Balaban J connectivity index is 1.48. The molecule has 1 atom stereocenters. The van der Waals surface area contributed by atoms with Crippen LogP contribution >= 0.6 is 0 Å². The number of methoxy groups -OCH3 is 1. The maximum absolute atomic E-state index is 12.5. The first-order valence-corrected chi connectivity index (χ1v) is 10.2. The van der Waals surface area contributed by atoms with E-state index in [1.54, 1.807) is 25.3 Å². The third-order valence-electron chi connectivity index (χ3n) is 5.32. The van der Waals surface area contributed by atoms with Crippen molar-refractivity contribution in [2.75, 3.05) is 25.5 Å². The first-order chi connectivity index (χ1) is 12.0. The number of hydrogen-bond donors (Lipinski definition) is 2. The summed E-state index contributed by atoms with van der Waals surface area (Å²) in [6.07, 6.45) is 3.25. The van der Waals surface area contributed by atoms with Crippen LogP contribution in [0.5, 0.6) is 5.75 Å². The average Bonchev–Trinajstić information content (AvgIpc) is 3.45. The summed E-state index contributed by atoms with van der Waals surface area (Å²) in [6, 6.07) is 4.91. The van der Waals surface area contributed by atoms with E-state index in [1.165, 1.54) is 0 Å². The Bertz CT molecular complexity index is 783. The largest absolute Gasteiger partial charge is 0.497 e. The fourth-order valence-electron chi connectivity index (χ4n) is 3.67. The van der Waals surface area contributed by atoms with Gasteiger partial charge < -0.3 is 15.0 Å².